The maximum Gasteiger partial charge on any atom is 0.136 e. The Kier molecular flexibility index (Phi) is 6.56. The van der Waals surface area contributed by atoms with Gasteiger partial charge < -0.3 is 5.11 Å². The van der Waals surface area contributed by atoms with Crippen molar-refractivity contribution in [2.75, 3.05) is 0 Å². The third kappa shape index (κ3) is 4.62. The van der Waals surface area contributed by atoms with Crippen molar-refractivity contribution in [3.8, 4) is 0 Å². The highest BCUT2D eigenvalue weighted by Gasteiger charge is 2.54. The minimum Gasteiger partial charge on any atom is -0.390 e. The molecule has 0 amide bonds. The number of hydrogen-bond donors (Lipinski definition) is 1. The minimum atomic E-state index is -0.548. The largest absolute Gasteiger partial charge is 0.390 e. The summed E-state index contributed by atoms with van der Waals surface area (Å²) in [6, 6.07) is 0. The molecular weight excluding hydrogens is 296 g/mol. The van der Waals surface area contributed by atoms with E-state index in [0.717, 1.165) is 25.7 Å². The highest BCUT2D eigenvalue weighted by molar-refractivity contribution is 5.83. The summed E-state index contributed by atoms with van der Waals surface area (Å²) in [4.78, 5) is 12.7. The van der Waals surface area contributed by atoms with E-state index < -0.39 is 5.60 Å². The fourth-order valence-electron chi connectivity index (χ4n) is 5.90. The molecule has 2 rings (SSSR count). The molecule has 2 nitrogen and oxygen atoms in total. The van der Waals surface area contributed by atoms with Gasteiger partial charge in [0.05, 0.1) is 5.60 Å². The van der Waals surface area contributed by atoms with Crippen molar-refractivity contribution in [1.29, 1.82) is 0 Å². The van der Waals surface area contributed by atoms with Crippen LogP contribution in [0.5, 0.6) is 0 Å². The molecule has 0 spiro atoms. The van der Waals surface area contributed by atoms with Crippen molar-refractivity contribution in [2.24, 2.45) is 29.1 Å². The van der Waals surface area contributed by atoms with E-state index >= 15 is 0 Å². The number of carbonyl (C=O) groups excluding carboxylic acids is 1. The lowest BCUT2D eigenvalue weighted by atomic mass is 9.58. The molecule has 1 N–H and O–H groups in total. The minimum absolute atomic E-state index is 0.238. The van der Waals surface area contributed by atoms with Crippen LogP contribution < -0.4 is 0 Å². The van der Waals surface area contributed by atoms with E-state index in [2.05, 4.69) is 20.8 Å². The van der Waals surface area contributed by atoms with Crippen LogP contribution in [0.25, 0.3) is 0 Å². The van der Waals surface area contributed by atoms with Gasteiger partial charge in [-0.1, -0.05) is 52.9 Å². The molecule has 2 aliphatic carbocycles. The van der Waals surface area contributed by atoms with Gasteiger partial charge in [0.1, 0.15) is 5.78 Å². The SMILES string of the molecule is CCCC[C@H]1CC(=O)[C@@H]2CC[C@H]([C@H](C)CCCC(C)(C)O)[C@@]2(C)C1. The first-order valence-corrected chi connectivity index (χ1v) is 10.4. The Morgan fingerprint density at radius 2 is 2.00 bits per heavy atom. The lowest BCUT2D eigenvalue weighted by Crippen LogP contribution is -2.42. The molecule has 0 radical (unpaired) electrons. The Morgan fingerprint density at radius 1 is 1.29 bits per heavy atom. The molecule has 140 valence electrons. The summed E-state index contributed by atoms with van der Waals surface area (Å²) in [5, 5.41) is 9.94. The Labute approximate surface area is 149 Å². The van der Waals surface area contributed by atoms with Crippen LogP contribution in [-0.2, 0) is 4.79 Å². The van der Waals surface area contributed by atoms with Gasteiger partial charge in [-0.3, -0.25) is 4.79 Å². The first kappa shape index (κ1) is 19.9. The van der Waals surface area contributed by atoms with Crippen LogP contribution in [0, 0.1) is 29.1 Å². The van der Waals surface area contributed by atoms with E-state index in [1.165, 1.54) is 38.5 Å². The van der Waals surface area contributed by atoms with Crippen molar-refractivity contribution in [2.45, 2.75) is 104 Å². The Balaban J connectivity index is 1.99. The van der Waals surface area contributed by atoms with Crippen LogP contribution in [0.2, 0.25) is 0 Å². The summed E-state index contributed by atoms with van der Waals surface area (Å²) >= 11 is 0. The second kappa shape index (κ2) is 7.89. The summed E-state index contributed by atoms with van der Waals surface area (Å²) in [6.07, 6.45) is 11.4. The molecule has 0 heterocycles. The molecule has 0 unspecified atom stereocenters. The van der Waals surface area contributed by atoms with Gasteiger partial charge in [0, 0.05) is 12.3 Å². The van der Waals surface area contributed by atoms with E-state index in [1.807, 2.05) is 13.8 Å². The average Bonchev–Trinajstić information content (AvgIpc) is 2.81. The number of Topliss-reactive ketones (excluding diaryl/α,β-unsaturated/α-hetero) is 1. The van der Waals surface area contributed by atoms with Crippen LogP contribution in [-0.4, -0.2) is 16.5 Å². The van der Waals surface area contributed by atoms with Crippen molar-refractivity contribution in [3.63, 3.8) is 0 Å². The van der Waals surface area contributed by atoms with Gasteiger partial charge in [-0.05, 0) is 62.7 Å². The number of ketones is 1. The van der Waals surface area contributed by atoms with Gasteiger partial charge >= 0.3 is 0 Å². The zero-order valence-corrected chi connectivity index (χ0v) is 16.7. The van der Waals surface area contributed by atoms with E-state index in [-0.39, 0.29) is 5.41 Å². The van der Waals surface area contributed by atoms with Gasteiger partial charge in [-0.25, -0.2) is 0 Å². The molecule has 0 aromatic rings. The Bertz CT molecular complexity index is 422. The highest BCUT2D eigenvalue weighted by atomic mass is 16.3. The van der Waals surface area contributed by atoms with Crippen molar-refractivity contribution < 1.29 is 9.90 Å². The average molecular weight is 337 g/mol. The molecular formula is C22H40O2. The maximum absolute atomic E-state index is 12.7. The van der Waals surface area contributed by atoms with Crippen LogP contribution in [0.15, 0.2) is 0 Å². The van der Waals surface area contributed by atoms with Crippen LogP contribution >= 0.6 is 0 Å². The number of hydrogen-bond acceptors (Lipinski definition) is 2. The third-order valence-corrected chi connectivity index (χ3v) is 7.12. The molecule has 0 aliphatic heterocycles. The summed E-state index contributed by atoms with van der Waals surface area (Å²) in [7, 11) is 0. The van der Waals surface area contributed by atoms with E-state index in [4.69, 9.17) is 0 Å². The lowest BCUT2D eigenvalue weighted by molar-refractivity contribution is -0.132. The summed E-state index contributed by atoms with van der Waals surface area (Å²) < 4.78 is 0. The molecule has 0 bridgehead atoms. The van der Waals surface area contributed by atoms with Crippen molar-refractivity contribution in [1.82, 2.24) is 0 Å². The summed E-state index contributed by atoms with van der Waals surface area (Å²) in [6.45, 7) is 10.9. The van der Waals surface area contributed by atoms with E-state index in [0.29, 0.717) is 29.5 Å². The van der Waals surface area contributed by atoms with Crippen molar-refractivity contribution >= 4 is 5.78 Å². The van der Waals surface area contributed by atoms with Gasteiger partial charge in [0.2, 0.25) is 0 Å². The number of unbranched alkanes of at least 4 members (excludes halogenated alkanes) is 1. The van der Waals surface area contributed by atoms with Gasteiger partial charge in [0.15, 0.2) is 0 Å². The highest BCUT2D eigenvalue weighted by Crippen LogP contribution is 2.58. The van der Waals surface area contributed by atoms with Crippen LogP contribution in [0.4, 0.5) is 0 Å². The van der Waals surface area contributed by atoms with Gasteiger partial charge in [0.25, 0.3) is 0 Å². The van der Waals surface area contributed by atoms with Crippen LogP contribution in [0.3, 0.4) is 0 Å². The predicted octanol–water partition coefficient (Wildman–Crippen LogP) is 5.77. The monoisotopic (exact) mass is 336 g/mol. The number of rotatable bonds is 8. The number of aliphatic hydroxyl groups is 1. The fourth-order valence-corrected chi connectivity index (χ4v) is 5.90. The summed E-state index contributed by atoms with van der Waals surface area (Å²) in [5.74, 6) is 2.88. The fraction of sp³-hybridized carbons (Fsp3) is 0.955. The van der Waals surface area contributed by atoms with Crippen LogP contribution in [0.1, 0.15) is 98.8 Å². The molecule has 0 saturated heterocycles. The zero-order valence-electron chi connectivity index (χ0n) is 16.7. The Hall–Kier alpha value is -0.370. The molecule has 2 heteroatoms. The molecule has 2 fully saturated rings. The topological polar surface area (TPSA) is 37.3 Å². The third-order valence-electron chi connectivity index (χ3n) is 7.12. The van der Waals surface area contributed by atoms with Crippen molar-refractivity contribution in [3.05, 3.63) is 0 Å². The molecule has 0 aromatic heterocycles. The molecule has 0 aromatic carbocycles. The lowest BCUT2D eigenvalue weighted by Gasteiger charge is -2.45. The molecule has 5 atom stereocenters. The van der Waals surface area contributed by atoms with Gasteiger partial charge in [-0.2, -0.15) is 0 Å². The second-order valence-corrected chi connectivity index (χ2v) is 9.81. The summed E-state index contributed by atoms with van der Waals surface area (Å²) in [5.41, 5.74) is -0.310. The quantitative estimate of drug-likeness (QED) is 0.611. The zero-order chi connectivity index (χ0) is 18.0. The first-order chi connectivity index (χ1) is 11.2. The number of carbonyl (C=O) groups is 1. The molecule has 2 saturated carbocycles. The Morgan fingerprint density at radius 3 is 2.62 bits per heavy atom. The second-order valence-electron chi connectivity index (χ2n) is 9.81. The van der Waals surface area contributed by atoms with E-state index in [1.54, 1.807) is 0 Å². The van der Waals surface area contributed by atoms with E-state index in [9.17, 15) is 9.90 Å². The molecule has 24 heavy (non-hydrogen) atoms. The maximum atomic E-state index is 12.7. The predicted molar refractivity (Wildman–Crippen MR) is 101 cm³/mol. The number of fused-ring (bicyclic) bond motifs is 1. The van der Waals surface area contributed by atoms with Gasteiger partial charge in [-0.15, -0.1) is 0 Å². The first-order valence-electron chi connectivity index (χ1n) is 10.4. The smallest absolute Gasteiger partial charge is 0.136 e. The normalized spacial score (nSPS) is 35.1. The standard InChI is InChI=1S/C22H40O2/c1-6-7-10-17-14-20(23)19-12-11-18(22(19,5)15-17)16(2)9-8-13-21(3,4)24/h16-19,24H,6-15H2,1-5H3/t16-,17+,18-,19+,22-/m1/s1. The molecule has 2 aliphatic rings.